The molecule has 0 aliphatic rings. The van der Waals surface area contributed by atoms with Gasteiger partial charge in [-0.15, -0.1) is 21.8 Å². The first-order valence-corrected chi connectivity index (χ1v) is 7.19. The highest BCUT2D eigenvalue weighted by atomic mass is 79.9. The van der Waals surface area contributed by atoms with Gasteiger partial charge in [-0.3, -0.25) is 0 Å². The highest BCUT2D eigenvalue weighted by Crippen LogP contribution is 2.29. The van der Waals surface area contributed by atoms with Crippen molar-refractivity contribution in [2.45, 2.75) is 12.8 Å². The third-order valence-electron chi connectivity index (χ3n) is 2.15. The Bertz CT molecular complexity index is 518. The van der Waals surface area contributed by atoms with Crippen LogP contribution in [0.5, 0.6) is 0 Å². The van der Waals surface area contributed by atoms with Crippen LogP contribution in [-0.2, 0) is 6.42 Å². The zero-order chi connectivity index (χ0) is 12.3. The summed E-state index contributed by atoms with van der Waals surface area (Å²) in [6.45, 7) is 0. The van der Waals surface area contributed by atoms with Crippen molar-refractivity contribution in [3.8, 4) is 10.6 Å². The Hall–Kier alpha value is -0.520. The van der Waals surface area contributed by atoms with E-state index in [0.29, 0.717) is 16.5 Å². The zero-order valence-corrected chi connectivity index (χ0v) is 11.9. The highest BCUT2D eigenvalue weighted by Gasteiger charge is 2.11. The van der Waals surface area contributed by atoms with Gasteiger partial charge in [0, 0.05) is 22.3 Å². The van der Waals surface area contributed by atoms with Gasteiger partial charge in [0.2, 0.25) is 0 Å². The van der Waals surface area contributed by atoms with Gasteiger partial charge in [-0.25, -0.2) is 4.39 Å². The summed E-state index contributed by atoms with van der Waals surface area (Å²) >= 11 is 10.3. The average Bonchev–Trinajstić information content (AvgIpc) is 2.78. The number of hydrogen-bond acceptors (Lipinski definition) is 3. The second-order valence-corrected chi connectivity index (χ2v) is 5.77. The van der Waals surface area contributed by atoms with Crippen molar-refractivity contribution in [3.05, 3.63) is 33.5 Å². The van der Waals surface area contributed by atoms with E-state index in [0.717, 1.165) is 22.3 Å². The monoisotopic (exact) mass is 334 g/mol. The zero-order valence-electron chi connectivity index (χ0n) is 8.79. The first-order valence-electron chi connectivity index (χ1n) is 5.04. The molecule has 1 aromatic heterocycles. The molecular weight excluding hydrogens is 327 g/mol. The highest BCUT2D eigenvalue weighted by molar-refractivity contribution is 9.10. The number of alkyl halides is 1. The van der Waals surface area contributed by atoms with Gasteiger partial charge in [-0.1, -0.05) is 27.3 Å². The predicted molar refractivity (Wildman–Crippen MR) is 72.0 cm³/mol. The quantitative estimate of drug-likeness (QED) is 0.779. The minimum Gasteiger partial charge on any atom is -0.206 e. The van der Waals surface area contributed by atoms with Crippen LogP contribution < -0.4 is 0 Å². The van der Waals surface area contributed by atoms with Gasteiger partial charge in [0.05, 0.1) is 0 Å². The molecule has 0 N–H and O–H groups in total. The Kier molecular flexibility index (Phi) is 4.48. The van der Waals surface area contributed by atoms with Crippen molar-refractivity contribution in [2.24, 2.45) is 0 Å². The molecule has 0 atom stereocenters. The van der Waals surface area contributed by atoms with Crippen LogP contribution >= 0.6 is 38.9 Å². The largest absolute Gasteiger partial charge is 0.206 e. The second-order valence-electron chi connectivity index (χ2n) is 3.42. The molecular formula is C11H9BrClFN2S. The summed E-state index contributed by atoms with van der Waals surface area (Å²) in [4.78, 5) is 0. The van der Waals surface area contributed by atoms with Gasteiger partial charge in [0.15, 0.2) is 5.01 Å². The van der Waals surface area contributed by atoms with Crippen molar-refractivity contribution in [2.75, 3.05) is 5.88 Å². The lowest BCUT2D eigenvalue weighted by Crippen LogP contribution is -1.84. The van der Waals surface area contributed by atoms with Crippen LogP contribution in [0, 0.1) is 5.82 Å². The molecule has 0 unspecified atom stereocenters. The molecule has 90 valence electrons. The molecule has 2 aromatic rings. The standard InChI is InChI=1S/C11H9BrClFN2S/c12-7-3-4-9(14)8(6-7)11-16-15-10(17-11)2-1-5-13/h3-4,6H,1-2,5H2. The molecule has 2 nitrogen and oxygen atoms in total. The van der Waals surface area contributed by atoms with Crippen molar-refractivity contribution in [3.63, 3.8) is 0 Å². The van der Waals surface area contributed by atoms with Crippen LogP contribution in [0.2, 0.25) is 0 Å². The summed E-state index contributed by atoms with van der Waals surface area (Å²) in [7, 11) is 0. The molecule has 0 bridgehead atoms. The summed E-state index contributed by atoms with van der Waals surface area (Å²) in [5.41, 5.74) is 0.481. The molecule has 1 heterocycles. The number of halogens is 3. The van der Waals surface area contributed by atoms with E-state index in [1.807, 2.05) is 0 Å². The Labute approximate surface area is 116 Å². The fraction of sp³-hybridized carbons (Fsp3) is 0.273. The number of aromatic nitrogens is 2. The lowest BCUT2D eigenvalue weighted by atomic mass is 10.2. The van der Waals surface area contributed by atoms with Crippen LogP contribution in [0.1, 0.15) is 11.4 Å². The average molecular weight is 336 g/mol. The van der Waals surface area contributed by atoms with Crippen molar-refractivity contribution in [1.82, 2.24) is 10.2 Å². The minimum absolute atomic E-state index is 0.284. The molecule has 0 spiro atoms. The van der Waals surface area contributed by atoms with Gasteiger partial charge >= 0.3 is 0 Å². The Morgan fingerprint density at radius 2 is 2.18 bits per heavy atom. The maximum atomic E-state index is 13.6. The van der Waals surface area contributed by atoms with Crippen LogP contribution in [0.3, 0.4) is 0 Å². The van der Waals surface area contributed by atoms with E-state index in [9.17, 15) is 4.39 Å². The van der Waals surface area contributed by atoms with Crippen molar-refractivity contribution >= 4 is 38.9 Å². The molecule has 2 rings (SSSR count). The van der Waals surface area contributed by atoms with Crippen LogP contribution in [0.15, 0.2) is 22.7 Å². The smallest absolute Gasteiger partial charge is 0.150 e. The van der Waals surface area contributed by atoms with E-state index in [2.05, 4.69) is 26.1 Å². The molecule has 0 aliphatic carbocycles. The molecule has 0 fully saturated rings. The van der Waals surface area contributed by atoms with Crippen LogP contribution in [0.4, 0.5) is 4.39 Å². The molecule has 17 heavy (non-hydrogen) atoms. The molecule has 1 aromatic carbocycles. The first kappa shape index (κ1) is 12.9. The Balaban J connectivity index is 2.27. The van der Waals surface area contributed by atoms with Crippen LogP contribution in [-0.4, -0.2) is 16.1 Å². The van der Waals surface area contributed by atoms with E-state index in [1.54, 1.807) is 12.1 Å². The van der Waals surface area contributed by atoms with Crippen molar-refractivity contribution in [1.29, 1.82) is 0 Å². The van der Waals surface area contributed by atoms with E-state index in [-0.39, 0.29) is 5.82 Å². The third-order valence-corrected chi connectivity index (χ3v) is 3.93. The van der Waals surface area contributed by atoms with Gasteiger partial charge in [0.1, 0.15) is 10.8 Å². The predicted octanol–water partition coefficient (Wildman–Crippen LogP) is 4.28. The van der Waals surface area contributed by atoms with Crippen molar-refractivity contribution < 1.29 is 4.39 Å². The molecule has 0 amide bonds. The SMILES string of the molecule is Fc1ccc(Br)cc1-c1nnc(CCCCl)s1. The van der Waals surface area contributed by atoms with E-state index in [4.69, 9.17) is 11.6 Å². The lowest BCUT2D eigenvalue weighted by Gasteiger charge is -1.98. The van der Waals surface area contributed by atoms with E-state index < -0.39 is 0 Å². The fourth-order valence-corrected chi connectivity index (χ4v) is 2.74. The van der Waals surface area contributed by atoms with E-state index in [1.165, 1.54) is 17.4 Å². The maximum absolute atomic E-state index is 13.6. The number of rotatable bonds is 4. The van der Waals surface area contributed by atoms with E-state index >= 15 is 0 Å². The Morgan fingerprint density at radius 1 is 1.35 bits per heavy atom. The van der Waals surface area contributed by atoms with Gasteiger partial charge in [0.25, 0.3) is 0 Å². The molecule has 0 radical (unpaired) electrons. The minimum atomic E-state index is -0.284. The fourth-order valence-electron chi connectivity index (χ4n) is 1.34. The number of nitrogens with zero attached hydrogens (tertiary/aromatic N) is 2. The maximum Gasteiger partial charge on any atom is 0.150 e. The van der Waals surface area contributed by atoms with Crippen LogP contribution in [0.25, 0.3) is 10.6 Å². The summed E-state index contributed by atoms with van der Waals surface area (Å²) < 4.78 is 14.4. The summed E-state index contributed by atoms with van der Waals surface area (Å²) in [6.07, 6.45) is 1.65. The third kappa shape index (κ3) is 3.24. The lowest BCUT2D eigenvalue weighted by molar-refractivity contribution is 0.630. The normalized spacial score (nSPS) is 10.8. The number of aryl methyl sites for hydroxylation is 1. The molecule has 0 saturated carbocycles. The van der Waals surface area contributed by atoms with Gasteiger partial charge < -0.3 is 0 Å². The second kappa shape index (κ2) is 5.89. The summed E-state index contributed by atoms with van der Waals surface area (Å²) in [6, 6.07) is 4.79. The summed E-state index contributed by atoms with van der Waals surface area (Å²) in [5, 5.41) is 9.53. The number of hydrogen-bond donors (Lipinski definition) is 0. The molecule has 6 heteroatoms. The van der Waals surface area contributed by atoms with Gasteiger partial charge in [-0.05, 0) is 24.6 Å². The number of benzene rings is 1. The first-order chi connectivity index (χ1) is 8.20. The summed E-state index contributed by atoms with van der Waals surface area (Å²) in [5.74, 6) is 0.313. The topological polar surface area (TPSA) is 25.8 Å². The molecule has 0 saturated heterocycles. The van der Waals surface area contributed by atoms with Gasteiger partial charge in [-0.2, -0.15) is 0 Å². The molecule has 0 aliphatic heterocycles. The Morgan fingerprint density at radius 3 is 2.94 bits per heavy atom.